The van der Waals surface area contributed by atoms with Crippen LogP contribution in [0.2, 0.25) is 0 Å². The molecule has 1 unspecified atom stereocenters. The Morgan fingerprint density at radius 3 is 2.44 bits per heavy atom. The number of hydrogen-bond acceptors (Lipinski definition) is 5. The molecule has 0 N–H and O–H groups in total. The molecule has 1 aromatic carbocycles. The Morgan fingerprint density at radius 1 is 1.20 bits per heavy atom. The second kappa shape index (κ2) is 8.21. The van der Waals surface area contributed by atoms with Gasteiger partial charge < -0.3 is 4.90 Å². The highest BCUT2D eigenvalue weighted by atomic mass is 32.2. The van der Waals surface area contributed by atoms with Crippen LogP contribution in [0.5, 0.6) is 0 Å². The normalized spacial score (nSPS) is 16.8. The van der Waals surface area contributed by atoms with E-state index >= 15 is 0 Å². The summed E-state index contributed by atoms with van der Waals surface area (Å²) in [5, 5.41) is 3.32. The van der Waals surface area contributed by atoms with E-state index in [-0.39, 0.29) is 5.91 Å². The topological polar surface area (TPSA) is 53.5 Å². The van der Waals surface area contributed by atoms with Crippen molar-refractivity contribution in [3.63, 3.8) is 0 Å². The second-order valence-corrected chi connectivity index (χ2v) is 8.46. The molecule has 1 aliphatic heterocycles. The summed E-state index contributed by atoms with van der Waals surface area (Å²) in [4.78, 5) is 22.2. The number of rotatable bonds is 5. The lowest BCUT2D eigenvalue weighted by atomic mass is 10.2. The Hall–Kier alpha value is -1.57. The summed E-state index contributed by atoms with van der Waals surface area (Å²) in [6.07, 6.45) is 2.62. The monoisotopic (exact) mass is 377 g/mol. The van der Waals surface area contributed by atoms with E-state index in [0.717, 1.165) is 49.7 Å². The molecule has 0 aliphatic carbocycles. The fraction of sp³-hybridized carbons (Fsp3) is 0.444. The standard InChI is InChI=1S/C18H23N3O2S2/c1-3-17-19-15(13-24-17)12-20-8-10-21(11-9-20)18(22)14-4-6-16(7-5-14)25(2)23/h4-7,13H,3,8-12H2,1-2H3. The van der Waals surface area contributed by atoms with Gasteiger partial charge in [-0.3, -0.25) is 13.9 Å². The highest BCUT2D eigenvalue weighted by Gasteiger charge is 2.22. The molecule has 2 aromatic rings. The van der Waals surface area contributed by atoms with Crippen molar-refractivity contribution in [3.05, 3.63) is 45.9 Å². The van der Waals surface area contributed by atoms with Gasteiger partial charge in [0.15, 0.2) is 0 Å². The molecule has 2 heterocycles. The van der Waals surface area contributed by atoms with Crippen molar-refractivity contribution in [1.82, 2.24) is 14.8 Å². The number of benzene rings is 1. The van der Waals surface area contributed by atoms with Crippen molar-refractivity contribution < 1.29 is 9.00 Å². The number of hydrogen-bond donors (Lipinski definition) is 0. The number of carbonyl (C=O) groups excluding carboxylic acids is 1. The number of nitrogens with zero attached hydrogens (tertiary/aromatic N) is 3. The minimum Gasteiger partial charge on any atom is -0.336 e. The zero-order valence-corrected chi connectivity index (χ0v) is 16.2. The molecule has 3 rings (SSSR count). The van der Waals surface area contributed by atoms with E-state index in [0.29, 0.717) is 5.56 Å². The summed E-state index contributed by atoms with van der Waals surface area (Å²) >= 11 is 1.72. The summed E-state index contributed by atoms with van der Waals surface area (Å²) in [6.45, 7) is 6.16. The van der Waals surface area contributed by atoms with Crippen LogP contribution in [0.1, 0.15) is 28.0 Å². The van der Waals surface area contributed by atoms with Gasteiger partial charge in [-0.15, -0.1) is 11.3 Å². The molecule has 7 heteroatoms. The van der Waals surface area contributed by atoms with Crippen LogP contribution >= 0.6 is 11.3 Å². The van der Waals surface area contributed by atoms with Gasteiger partial charge in [-0.25, -0.2) is 4.98 Å². The van der Waals surface area contributed by atoms with E-state index in [1.807, 2.05) is 4.90 Å². The van der Waals surface area contributed by atoms with Crippen molar-refractivity contribution in [1.29, 1.82) is 0 Å². The predicted molar refractivity (Wildman–Crippen MR) is 101 cm³/mol. The fourth-order valence-electron chi connectivity index (χ4n) is 2.89. The quantitative estimate of drug-likeness (QED) is 0.803. The summed E-state index contributed by atoms with van der Waals surface area (Å²) in [6, 6.07) is 7.08. The highest BCUT2D eigenvalue weighted by Crippen LogP contribution is 2.15. The first-order chi connectivity index (χ1) is 12.1. The van der Waals surface area contributed by atoms with E-state index in [1.54, 1.807) is 41.9 Å². The smallest absolute Gasteiger partial charge is 0.253 e. The average molecular weight is 378 g/mol. The van der Waals surface area contributed by atoms with Crippen molar-refractivity contribution in [2.24, 2.45) is 0 Å². The Labute approximate surface area is 155 Å². The molecule has 1 amide bonds. The van der Waals surface area contributed by atoms with Gasteiger partial charge in [-0.05, 0) is 30.7 Å². The minimum atomic E-state index is -1.02. The highest BCUT2D eigenvalue weighted by molar-refractivity contribution is 7.84. The summed E-state index contributed by atoms with van der Waals surface area (Å²) in [7, 11) is -1.02. The van der Waals surface area contributed by atoms with Crippen LogP contribution in [0.15, 0.2) is 34.5 Å². The van der Waals surface area contributed by atoms with Gasteiger partial charge in [-0.1, -0.05) is 6.92 Å². The molecule has 1 atom stereocenters. The molecular weight excluding hydrogens is 354 g/mol. The molecule has 134 valence electrons. The number of aromatic nitrogens is 1. The van der Waals surface area contributed by atoms with Gasteiger partial charge in [-0.2, -0.15) is 0 Å². The second-order valence-electron chi connectivity index (χ2n) is 6.13. The third kappa shape index (κ3) is 4.54. The molecule has 1 aromatic heterocycles. The van der Waals surface area contributed by atoms with Crippen molar-refractivity contribution in [2.45, 2.75) is 24.8 Å². The van der Waals surface area contributed by atoms with Crippen LogP contribution in [0.3, 0.4) is 0 Å². The van der Waals surface area contributed by atoms with Crippen molar-refractivity contribution in [3.8, 4) is 0 Å². The number of amides is 1. The lowest BCUT2D eigenvalue weighted by molar-refractivity contribution is 0.0627. The van der Waals surface area contributed by atoms with E-state index in [9.17, 15) is 9.00 Å². The maximum Gasteiger partial charge on any atom is 0.253 e. The number of thiazole rings is 1. The van der Waals surface area contributed by atoms with Crippen LogP contribution in [0.4, 0.5) is 0 Å². The molecule has 1 saturated heterocycles. The molecule has 0 bridgehead atoms. The molecule has 0 radical (unpaired) electrons. The summed E-state index contributed by atoms with van der Waals surface area (Å²) in [5.74, 6) is 0.0509. The van der Waals surface area contributed by atoms with Crippen LogP contribution < -0.4 is 0 Å². The first kappa shape index (κ1) is 18.2. The molecule has 1 fully saturated rings. The molecule has 25 heavy (non-hydrogen) atoms. The Balaban J connectivity index is 1.54. The van der Waals surface area contributed by atoms with E-state index in [2.05, 4.69) is 22.2 Å². The molecule has 1 aliphatic rings. The van der Waals surface area contributed by atoms with Crippen LogP contribution in [-0.2, 0) is 23.8 Å². The number of aryl methyl sites for hydroxylation is 1. The molecular formula is C18H23N3O2S2. The Kier molecular flexibility index (Phi) is 5.98. The zero-order chi connectivity index (χ0) is 17.8. The molecule has 5 nitrogen and oxygen atoms in total. The first-order valence-electron chi connectivity index (χ1n) is 8.45. The van der Waals surface area contributed by atoms with Gasteiger partial charge in [0.05, 0.1) is 10.7 Å². The van der Waals surface area contributed by atoms with Crippen LogP contribution in [0.25, 0.3) is 0 Å². The minimum absolute atomic E-state index is 0.0509. The summed E-state index contributed by atoms with van der Waals surface area (Å²) < 4.78 is 11.4. The van der Waals surface area contributed by atoms with E-state index in [1.165, 1.54) is 5.01 Å². The lowest BCUT2D eigenvalue weighted by Crippen LogP contribution is -2.48. The van der Waals surface area contributed by atoms with Crippen molar-refractivity contribution in [2.75, 3.05) is 32.4 Å². The number of piperazine rings is 1. The maximum absolute atomic E-state index is 12.6. The Bertz CT molecular complexity index is 750. The largest absolute Gasteiger partial charge is 0.336 e. The SMILES string of the molecule is CCc1nc(CN2CCN(C(=O)c3ccc(S(C)=O)cc3)CC2)cs1. The van der Waals surface area contributed by atoms with Crippen LogP contribution in [-0.4, -0.2) is 57.3 Å². The predicted octanol–water partition coefficient (Wildman–Crippen LogP) is 2.40. The van der Waals surface area contributed by atoms with Gasteiger partial charge in [0.1, 0.15) is 0 Å². The van der Waals surface area contributed by atoms with Gasteiger partial charge in [0.2, 0.25) is 0 Å². The average Bonchev–Trinajstić information content (AvgIpc) is 3.09. The number of carbonyl (C=O) groups is 1. The summed E-state index contributed by atoms with van der Waals surface area (Å²) in [5.41, 5.74) is 1.79. The van der Waals surface area contributed by atoms with Crippen LogP contribution in [0, 0.1) is 0 Å². The Morgan fingerprint density at radius 2 is 1.88 bits per heavy atom. The molecule has 0 saturated carbocycles. The fourth-order valence-corrected chi connectivity index (χ4v) is 4.15. The first-order valence-corrected chi connectivity index (χ1v) is 10.9. The maximum atomic E-state index is 12.6. The zero-order valence-electron chi connectivity index (χ0n) is 14.6. The van der Waals surface area contributed by atoms with Gasteiger partial charge in [0.25, 0.3) is 5.91 Å². The molecule has 0 spiro atoms. The van der Waals surface area contributed by atoms with Gasteiger partial charge >= 0.3 is 0 Å². The van der Waals surface area contributed by atoms with Gasteiger partial charge in [0, 0.05) is 65.6 Å². The third-order valence-electron chi connectivity index (χ3n) is 4.38. The van der Waals surface area contributed by atoms with E-state index in [4.69, 9.17) is 0 Å². The third-order valence-corrected chi connectivity index (χ3v) is 6.36. The van der Waals surface area contributed by atoms with E-state index < -0.39 is 10.8 Å². The van der Waals surface area contributed by atoms with Crippen molar-refractivity contribution >= 4 is 28.0 Å². The lowest BCUT2D eigenvalue weighted by Gasteiger charge is -2.34.